The quantitative estimate of drug-likeness (QED) is 0.564. The van der Waals surface area contributed by atoms with Crippen molar-refractivity contribution in [1.82, 2.24) is 5.32 Å². The molecule has 1 aliphatic carbocycles. The SMILES string of the molecule is Cl.O=C1CC[C@H]2CNC[C@@H]12. The van der Waals surface area contributed by atoms with Crippen LogP contribution in [0.4, 0.5) is 0 Å². The molecule has 0 aromatic carbocycles. The van der Waals surface area contributed by atoms with Crippen molar-refractivity contribution in [2.24, 2.45) is 11.8 Å². The number of nitrogens with one attached hydrogen (secondary N) is 1. The van der Waals surface area contributed by atoms with Gasteiger partial charge in [0.25, 0.3) is 0 Å². The Labute approximate surface area is 66.8 Å². The maximum absolute atomic E-state index is 11.0. The molecule has 0 spiro atoms. The summed E-state index contributed by atoms with van der Waals surface area (Å²) in [4.78, 5) is 11.0. The van der Waals surface area contributed by atoms with E-state index in [1.165, 1.54) is 0 Å². The fourth-order valence-corrected chi connectivity index (χ4v) is 1.93. The molecule has 0 aromatic rings. The van der Waals surface area contributed by atoms with Crippen LogP contribution in [0.2, 0.25) is 0 Å². The molecular weight excluding hydrogens is 150 g/mol. The van der Waals surface area contributed by atoms with Gasteiger partial charge in [0.2, 0.25) is 0 Å². The van der Waals surface area contributed by atoms with E-state index >= 15 is 0 Å². The van der Waals surface area contributed by atoms with Gasteiger partial charge in [-0.25, -0.2) is 0 Å². The van der Waals surface area contributed by atoms with E-state index in [2.05, 4.69) is 5.32 Å². The van der Waals surface area contributed by atoms with Crippen LogP contribution in [0.3, 0.4) is 0 Å². The summed E-state index contributed by atoms with van der Waals surface area (Å²) < 4.78 is 0. The molecule has 0 radical (unpaired) electrons. The highest BCUT2D eigenvalue weighted by Crippen LogP contribution is 2.30. The molecule has 0 bridgehead atoms. The van der Waals surface area contributed by atoms with Crippen LogP contribution in [0.5, 0.6) is 0 Å². The molecule has 2 fully saturated rings. The van der Waals surface area contributed by atoms with Gasteiger partial charge in [0, 0.05) is 18.9 Å². The molecule has 2 atom stereocenters. The first-order chi connectivity index (χ1) is 4.38. The fraction of sp³-hybridized carbons (Fsp3) is 0.857. The third-order valence-electron chi connectivity index (χ3n) is 2.51. The van der Waals surface area contributed by atoms with Crippen molar-refractivity contribution in [3.8, 4) is 0 Å². The molecule has 0 aromatic heterocycles. The Morgan fingerprint density at radius 1 is 1.40 bits per heavy atom. The van der Waals surface area contributed by atoms with Gasteiger partial charge >= 0.3 is 0 Å². The lowest BCUT2D eigenvalue weighted by Gasteiger charge is -2.01. The van der Waals surface area contributed by atoms with E-state index in [1.54, 1.807) is 0 Å². The van der Waals surface area contributed by atoms with E-state index in [0.29, 0.717) is 17.6 Å². The van der Waals surface area contributed by atoms with E-state index in [1.807, 2.05) is 0 Å². The second kappa shape index (κ2) is 2.89. The van der Waals surface area contributed by atoms with Gasteiger partial charge < -0.3 is 5.32 Å². The number of carbonyl (C=O) groups excluding carboxylic acids is 1. The van der Waals surface area contributed by atoms with Crippen LogP contribution < -0.4 is 5.32 Å². The second-order valence-electron chi connectivity index (χ2n) is 3.03. The number of hydrogen-bond donors (Lipinski definition) is 1. The minimum absolute atomic E-state index is 0. The van der Waals surface area contributed by atoms with Gasteiger partial charge in [-0.3, -0.25) is 4.79 Å². The average molecular weight is 162 g/mol. The summed E-state index contributed by atoms with van der Waals surface area (Å²) in [6, 6.07) is 0. The smallest absolute Gasteiger partial charge is 0.137 e. The van der Waals surface area contributed by atoms with E-state index in [-0.39, 0.29) is 12.4 Å². The largest absolute Gasteiger partial charge is 0.316 e. The van der Waals surface area contributed by atoms with Crippen LogP contribution in [0, 0.1) is 11.8 Å². The third-order valence-corrected chi connectivity index (χ3v) is 2.51. The number of rotatable bonds is 0. The Balaban J connectivity index is 0.000000500. The Morgan fingerprint density at radius 2 is 2.20 bits per heavy atom. The normalized spacial score (nSPS) is 37.4. The van der Waals surface area contributed by atoms with Gasteiger partial charge in [-0.1, -0.05) is 0 Å². The van der Waals surface area contributed by atoms with E-state index in [0.717, 1.165) is 25.9 Å². The van der Waals surface area contributed by atoms with Gasteiger partial charge in [-0.2, -0.15) is 0 Å². The first-order valence-electron chi connectivity index (χ1n) is 3.61. The van der Waals surface area contributed by atoms with Crippen molar-refractivity contribution in [3.05, 3.63) is 0 Å². The van der Waals surface area contributed by atoms with Crippen LogP contribution in [0.15, 0.2) is 0 Å². The van der Waals surface area contributed by atoms with Crippen LogP contribution in [0.25, 0.3) is 0 Å². The molecule has 1 heterocycles. The maximum Gasteiger partial charge on any atom is 0.137 e. The standard InChI is InChI=1S/C7H11NO.ClH/c9-7-2-1-5-3-8-4-6(5)7;/h5-6,8H,1-4H2;1H/t5-,6+;/m0./s1. The summed E-state index contributed by atoms with van der Waals surface area (Å²) >= 11 is 0. The summed E-state index contributed by atoms with van der Waals surface area (Å²) in [6.45, 7) is 2.03. The van der Waals surface area contributed by atoms with Crippen LogP contribution in [-0.4, -0.2) is 18.9 Å². The predicted molar refractivity (Wildman–Crippen MR) is 41.3 cm³/mol. The van der Waals surface area contributed by atoms with Crippen LogP contribution in [-0.2, 0) is 4.79 Å². The number of hydrogen-bond acceptors (Lipinski definition) is 2. The molecule has 0 unspecified atom stereocenters. The zero-order chi connectivity index (χ0) is 6.27. The Hall–Kier alpha value is -0.0800. The van der Waals surface area contributed by atoms with E-state index in [9.17, 15) is 4.79 Å². The lowest BCUT2D eigenvalue weighted by Crippen LogP contribution is -2.14. The highest BCUT2D eigenvalue weighted by atomic mass is 35.5. The zero-order valence-corrected chi connectivity index (χ0v) is 6.62. The van der Waals surface area contributed by atoms with Crippen LogP contribution >= 0.6 is 12.4 Å². The van der Waals surface area contributed by atoms with Crippen LogP contribution in [0.1, 0.15) is 12.8 Å². The van der Waals surface area contributed by atoms with Crippen molar-refractivity contribution >= 4 is 18.2 Å². The molecule has 58 valence electrons. The van der Waals surface area contributed by atoms with Crippen molar-refractivity contribution < 1.29 is 4.79 Å². The molecule has 0 amide bonds. The molecule has 3 heteroatoms. The molecule has 1 saturated carbocycles. The summed E-state index contributed by atoms with van der Waals surface area (Å²) in [5.74, 6) is 1.58. The summed E-state index contributed by atoms with van der Waals surface area (Å²) in [6.07, 6.45) is 1.98. The summed E-state index contributed by atoms with van der Waals surface area (Å²) in [7, 11) is 0. The van der Waals surface area contributed by atoms with Gasteiger partial charge in [0.15, 0.2) is 0 Å². The molecule has 1 aliphatic heterocycles. The Kier molecular flexibility index (Phi) is 2.32. The molecule has 2 rings (SSSR count). The molecule has 10 heavy (non-hydrogen) atoms. The van der Waals surface area contributed by atoms with Gasteiger partial charge in [0.1, 0.15) is 5.78 Å². The molecule has 2 aliphatic rings. The zero-order valence-electron chi connectivity index (χ0n) is 5.80. The number of ketones is 1. The summed E-state index contributed by atoms with van der Waals surface area (Å²) in [5.41, 5.74) is 0. The van der Waals surface area contributed by atoms with Gasteiger partial charge in [0.05, 0.1) is 0 Å². The Morgan fingerprint density at radius 3 is 2.90 bits per heavy atom. The molecule has 2 nitrogen and oxygen atoms in total. The minimum Gasteiger partial charge on any atom is -0.316 e. The third kappa shape index (κ3) is 1.06. The van der Waals surface area contributed by atoms with Crippen molar-refractivity contribution in [1.29, 1.82) is 0 Å². The fourth-order valence-electron chi connectivity index (χ4n) is 1.93. The lowest BCUT2D eigenvalue weighted by molar-refractivity contribution is -0.120. The second-order valence-corrected chi connectivity index (χ2v) is 3.03. The van der Waals surface area contributed by atoms with Gasteiger partial charge in [-0.05, 0) is 18.9 Å². The van der Waals surface area contributed by atoms with E-state index in [4.69, 9.17) is 0 Å². The highest BCUT2D eigenvalue weighted by molar-refractivity contribution is 5.85. The number of fused-ring (bicyclic) bond motifs is 1. The lowest BCUT2D eigenvalue weighted by atomic mass is 10.0. The maximum atomic E-state index is 11.0. The summed E-state index contributed by atoms with van der Waals surface area (Å²) in [5, 5.41) is 3.23. The first-order valence-corrected chi connectivity index (χ1v) is 3.61. The minimum atomic E-state index is 0. The van der Waals surface area contributed by atoms with Crippen molar-refractivity contribution in [2.75, 3.05) is 13.1 Å². The average Bonchev–Trinajstić information content (AvgIpc) is 2.35. The topological polar surface area (TPSA) is 29.1 Å². The van der Waals surface area contributed by atoms with Gasteiger partial charge in [-0.15, -0.1) is 12.4 Å². The number of carbonyl (C=O) groups is 1. The molecule has 1 saturated heterocycles. The van der Waals surface area contributed by atoms with Crippen molar-refractivity contribution in [3.63, 3.8) is 0 Å². The number of Topliss-reactive ketones (excluding diaryl/α,β-unsaturated/α-hetero) is 1. The van der Waals surface area contributed by atoms with Crippen molar-refractivity contribution in [2.45, 2.75) is 12.8 Å². The first kappa shape index (κ1) is 8.02. The predicted octanol–water partition coefficient (Wildman–Crippen LogP) is 0.607. The highest BCUT2D eigenvalue weighted by Gasteiger charge is 2.37. The number of halogens is 1. The Bertz CT molecular complexity index is 149. The van der Waals surface area contributed by atoms with E-state index < -0.39 is 0 Å². The monoisotopic (exact) mass is 161 g/mol. The molecule has 1 N–H and O–H groups in total. The molecular formula is C7H12ClNO.